The van der Waals surface area contributed by atoms with E-state index in [4.69, 9.17) is 25.6 Å². The summed E-state index contributed by atoms with van der Waals surface area (Å²) < 4.78 is 37.7. The molecule has 0 bridgehead atoms. The lowest BCUT2D eigenvalue weighted by Crippen LogP contribution is -2.51. The second-order valence-corrected chi connectivity index (χ2v) is 13.2. The van der Waals surface area contributed by atoms with Crippen LogP contribution in [0.15, 0.2) is 10.2 Å². The monoisotopic (exact) mass is 643 g/mol. The molecule has 2 rings (SSSR count). The summed E-state index contributed by atoms with van der Waals surface area (Å²) in [4.78, 5) is 43.3. The quantitative estimate of drug-likeness (QED) is 0.0723. The molecule has 0 unspecified atom stereocenters. The summed E-state index contributed by atoms with van der Waals surface area (Å²) in [7, 11) is -3.55. The van der Waals surface area contributed by atoms with E-state index in [1.807, 2.05) is 0 Å². The van der Waals surface area contributed by atoms with Crippen LogP contribution in [0.2, 0.25) is 0 Å². The Labute approximate surface area is 257 Å². The maximum absolute atomic E-state index is 12.8. The first kappa shape index (κ1) is 37.0. The molecule has 0 aromatic heterocycles. The number of nitrogens with one attached hydrogen (secondary N) is 1. The SMILES string of the molecule is [N-]=[N+]=NCCCCN(CCOCCOCCN=[N+]=[N-])C(=O)CCCC(=O)NCCS(=O)(=O)N1CCC2(CC1)CC(C(=O)O)C2. The summed E-state index contributed by atoms with van der Waals surface area (Å²) in [6.07, 6.45) is 4.32. The highest BCUT2D eigenvalue weighted by Crippen LogP contribution is 2.52. The Morgan fingerprint density at radius 1 is 0.932 bits per heavy atom. The van der Waals surface area contributed by atoms with Crippen LogP contribution < -0.4 is 5.32 Å². The third-order valence-corrected chi connectivity index (χ3v) is 9.86. The van der Waals surface area contributed by atoms with Crippen LogP contribution in [-0.2, 0) is 33.9 Å². The van der Waals surface area contributed by atoms with Crippen LogP contribution in [0.25, 0.3) is 20.9 Å². The van der Waals surface area contributed by atoms with Gasteiger partial charge in [-0.2, -0.15) is 0 Å². The smallest absolute Gasteiger partial charge is 0.306 e. The Bertz CT molecular complexity index is 1130. The summed E-state index contributed by atoms with van der Waals surface area (Å²) in [5.41, 5.74) is 16.6. The van der Waals surface area contributed by atoms with Crippen LogP contribution in [0.5, 0.6) is 0 Å². The second-order valence-electron chi connectivity index (χ2n) is 11.1. The van der Waals surface area contributed by atoms with Crippen molar-refractivity contribution in [1.82, 2.24) is 14.5 Å². The lowest BCUT2D eigenvalue weighted by Gasteiger charge is -2.50. The number of azide groups is 2. The van der Waals surface area contributed by atoms with Gasteiger partial charge in [-0.15, -0.1) is 0 Å². The minimum Gasteiger partial charge on any atom is -0.481 e. The van der Waals surface area contributed by atoms with Crippen molar-refractivity contribution in [2.75, 3.05) is 78.0 Å². The van der Waals surface area contributed by atoms with Gasteiger partial charge in [-0.25, -0.2) is 12.7 Å². The fourth-order valence-corrected chi connectivity index (χ4v) is 6.80. The molecule has 2 aliphatic rings. The Morgan fingerprint density at radius 3 is 2.25 bits per heavy atom. The van der Waals surface area contributed by atoms with Gasteiger partial charge in [0.2, 0.25) is 21.8 Å². The van der Waals surface area contributed by atoms with Crippen LogP contribution in [0.1, 0.15) is 57.8 Å². The van der Waals surface area contributed by atoms with Gasteiger partial charge >= 0.3 is 5.97 Å². The minimum absolute atomic E-state index is 0.0261. The van der Waals surface area contributed by atoms with Gasteiger partial charge in [0.05, 0.1) is 38.1 Å². The number of rotatable bonds is 23. The van der Waals surface area contributed by atoms with E-state index >= 15 is 0 Å². The van der Waals surface area contributed by atoms with Crippen LogP contribution in [0.4, 0.5) is 0 Å². The van der Waals surface area contributed by atoms with Crippen LogP contribution in [0, 0.1) is 11.3 Å². The number of unbranched alkanes of at least 4 members (excludes halogenated alkanes) is 1. The average Bonchev–Trinajstić information content (AvgIpc) is 2.97. The number of ether oxygens (including phenoxy) is 2. The molecule has 1 saturated carbocycles. The topological polar surface area (TPSA) is 240 Å². The highest BCUT2D eigenvalue weighted by atomic mass is 32.2. The summed E-state index contributed by atoms with van der Waals surface area (Å²) in [6.45, 7) is 3.31. The third-order valence-electron chi connectivity index (χ3n) is 7.99. The molecule has 18 heteroatoms. The molecule has 2 amide bonds. The van der Waals surface area contributed by atoms with Crippen molar-refractivity contribution in [1.29, 1.82) is 0 Å². The molecule has 1 heterocycles. The molecule has 1 aliphatic carbocycles. The maximum Gasteiger partial charge on any atom is 0.306 e. The molecule has 0 aromatic rings. The number of carboxylic acid groups (broad SMARTS) is 1. The van der Waals surface area contributed by atoms with Gasteiger partial charge in [0.1, 0.15) is 0 Å². The van der Waals surface area contributed by atoms with Gasteiger partial charge in [0.15, 0.2) is 0 Å². The standard InChI is InChI=1S/C26H45N9O8S/c27-32-30-8-1-2-11-34(14-16-43-18-17-42-15-9-31-33-28)24(37)5-3-4-23(36)29-10-19-44(40,41)35-12-6-26(7-13-35)20-22(21-26)25(38)39/h22H,1-21H2,(H,29,36)(H,38,39). The molecule has 248 valence electrons. The van der Waals surface area contributed by atoms with Gasteiger partial charge in [-0.3, -0.25) is 14.4 Å². The number of aliphatic carboxylic acids is 1. The van der Waals surface area contributed by atoms with E-state index in [1.165, 1.54) is 4.31 Å². The zero-order chi connectivity index (χ0) is 32.3. The summed E-state index contributed by atoms with van der Waals surface area (Å²) in [6, 6.07) is 0. The van der Waals surface area contributed by atoms with Crippen molar-refractivity contribution < 1.29 is 37.4 Å². The number of hydrogen-bond donors (Lipinski definition) is 2. The Balaban J connectivity index is 1.64. The molecule has 1 spiro atoms. The maximum atomic E-state index is 12.8. The molecule has 0 atom stereocenters. The Morgan fingerprint density at radius 2 is 1.59 bits per heavy atom. The fourth-order valence-electron chi connectivity index (χ4n) is 5.44. The van der Waals surface area contributed by atoms with Crippen LogP contribution in [0.3, 0.4) is 0 Å². The molecular formula is C26H45N9O8S. The van der Waals surface area contributed by atoms with Gasteiger partial charge in [-0.05, 0) is 61.4 Å². The van der Waals surface area contributed by atoms with Crippen molar-refractivity contribution >= 4 is 27.8 Å². The highest BCUT2D eigenvalue weighted by molar-refractivity contribution is 7.89. The van der Waals surface area contributed by atoms with Crippen LogP contribution >= 0.6 is 0 Å². The highest BCUT2D eigenvalue weighted by Gasteiger charge is 2.49. The van der Waals surface area contributed by atoms with Crippen molar-refractivity contribution in [3.63, 3.8) is 0 Å². The number of carboxylic acids is 1. The predicted molar refractivity (Wildman–Crippen MR) is 160 cm³/mol. The average molecular weight is 644 g/mol. The number of piperidine rings is 1. The van der Waals surface area contributed by atoms with E-state index in [0.717, 1.165) is 0 Å². The van der Waals surface area contributed by atoms with E-state index in [-0.39, 0.29) is 61.4 Å². The lowest BCUT2D eigenvalue weighted by atomic mass is 9.58. The van der Waals surface area contributed by atoms with Gasteiger partial charge in [0, 0.05) is 68.5 Å². The van der Waals surface area contributed by atoms with Crippen molar-refractivity contribution in [2.24, 2.45) is 21.6 Å². The lowest BCUT2D eigenvalue weighted by molar-refractivity contribution is -0.151. The Hall–Kier alpha value is -3.14. The van der Waals surface area contributed by atoms with Gasteiger partial charge in [0.25, 0.3) is 0 Å². The van der Waals surface area contributed by atoms with E-state index in [9.17, 15) is 22.8 Å². The number of nitrogens with zero attached hydrogens (tertiary/aromatic N) is 8. The minimum atomic E-state index is -3.55. The molecule has 1 aliphatic heterocycles. The second kappa shape index (κ2) is 20.0. The summed E-state index contributed by atoms with van der Waals surface area (Å²) in [5.74, 6) is -1.79. The number of carbonyl (C=O) groups is 3. The zero-order valence-electron chi connectivity index (χ0n) is 25.2. The van der Waals surface area contributed by atoms with E-state index < -0.39 is 16.0 Å². The van der Waals surface area contributed by atoms with E-state index in [1.54, 1.807) is 4.90 Å². The Kier molecular flexibility index (Phi) is 16.8. The first-order valence-electron chi connectivity index (χ1n) is 15.0. The predicted octanol–water partition coefficient (Wildman–Crippen LogP) is 2.44. The van der Waals surface area contributed by atoms with E-state index in [0.29, 0.717) is 97.5 Å². The van der Waals surface area contributed by atoms with Crippen molar-refractivity contribution in [3.05, 3.63) is 20.9 Å². The number of amides is 2. The van der Waals surface area contributed by atoms with E-state index in [2.05, 4.69) is 25.4 Å². The molecule has 44 heavy (non-hydrogen) atoms. The fraction of sp³-hybridized carbons (Fsp3) is 0.885. The summed E-state index contributed by atoms with van der Waals surface area (Å²) >= 11 is 0. The number of carbonyl (C=O) groups excluding carboxylic acids is 2. The normalized spacial score (nSPS) is 16.4. The van der Waals surface area contributed by atoms with Crippen molar-refractivity contribution in [2.45, 2.75) is 57.8 Å². The molecule has 0 radical (unpaired) electrons. The molecular weight excluding hydrogens is 598 g/mol. The zero-order valence-corrected chi connectivity index (χ0v) is 26.0. The van der Waals surface area contributed by atoms with Crippen molar-refractivity contribution in [3.8, 4) is 0 Å². The summed E-state index contributed by atoms with van der Waals surface area (Å²) in [5, 5.41) is 18.6. The molecule has 2 fully saturated rings. The van der Waals surface area contributed by atoms with Crippen LogP contribution in [-0.4, -0.2) is 119 Å². The van der Waals surface area contributed by atoms with Gasteiger partial charge in [-0.1, -0.05) is 10.2 Å². The first-order valence-corrected chi connectivity index (χ1v) is 16.7. The third kappa shape index (κ3) is 13.7. The molecule has 17 nitrogen and oxygen atoms in total. The van der Waals surface area contributed by atoms with Gasteiger partial charge < -0.3 is 24.8 Å². The largest absolute Gasteiger partial charge is 0.481 e. The number of hydrogen-bond acceptors (Lipinski definition) is 9. The molecule has 1 saturated heterocycles. The number of sulfonamides is 1. The molecule has 0 aromatic carbocycles. The molecule has 2 N–H and O–H groups in total. The first-order chi connectivity index (χ1) is 21.1.